The molecule has 0 aliphatic heterocycles. The van der Waals surface area contributed by atoms with E-state index in [2.05, 4.69) is 19.2 Å². The molecule has 0 spiro atoms. The number of carbonyl (C=O) groups is 2. The lowest BCUT2D eigenvalue weighted by molar-refractivity contribution is 0.0421. The van der Waals surface area contributed by atoms with Crippen molar-refractivity contribution in [2.24, 2.45) is 5.92 Å². The van der Waals surface area contributed by atoms with Crippen LogP contribution in [-0.4, -0.2) is 32.7 Å². The van der Waals surface area contributed by atoms with Crippen molar-refractivity contribution < 1.29 is 23.8 Å². The number of ether oxygens (including phenoxy) is 3. The Balaban J connectivity index is 1.85. The Morgan fingerprint density at radius 3 is 1.67 bits per heavy atom. The highest BCUT2D eigenvalue weighted by atomic mass is 16.6. The number of unbranched alkanes of at least 4 members (excludes halogenated alkanes) is 12. The molecule has 2 rings (SSSR count). The van der Waals surface area contributed by atoms with E-state index in [-0.39, 0.29) is 5.97 Å². The highest BCUT2D eigenvalue weighted by molar-refractivity contribution is 5.94. The summed E-state index contributed by atoms with van der Waals surface area (Å²) in [5, 5.41) is 3.03. The van der Waals surface area contributed by atoms with Gasteiger partial charge < -0.3 is 19.5 Å². The number of carbonyl (C=O) groups excluding carboxylic acids is 2. The molecule has 0 aliphatic carbocycles. The second kappa shape index (κ2) is 21.6. The van der Waals surface area contributed by atoms with Gasteiger partial charge in [-0.3, -0.25) is 0 Å². The maximum atomic E-state index is 12.9. The fraction of sp³-hybridized carbons (Fsp3) is 0.611. The van der Waals surface area contributed by atoms with Gasteiger partial charge in [-0.2, -0.15) is 0 Å². The second-order valence-corrected chi connectivity index (χ2v) is 11.4. The van der Waals surface area contributed by atoms with E-state index in [1.54, 1.807) is 49.5 Å². The van der Waals surface area contributed by atoms with Gasteiger partial charge in [-0.05, 0) is 55.2 Å². The minimum absolute atomic E-state index is 0.331. The molecule has 0 heterocycles. The molecule has 0 amide bonds. The van der Waals surface area contributed by atoms with Crippen molar-refractivity contribution in [1.82, 2.24) is 0 Å². The number of hydrogen-bond acceptors (Lipinski definition) is 6. The fourth-order valence-corrected chi connectivity index (χ4v) is 5.18. The van der Waals surface area contributed by atoms with Crippen molar-refractivity contribution in [3.8, 4) is 11.5 Å². The predicted octanol–water partition coefficient (Wildman–Crippen LogP) is 10.0. The summed E-state index contributed by atoms with van der Waals surface area (Å²) in [6.45, 7) is 4.96. The molecule has 0 fully saturated rings. The highest BCUT2D eigenvalue weighted by Gasteiger charge is 2.16. The van der Waals surface area contributed by atoms with Crippen LogP contribution >= 0.6 is 0 Å². The van der Waals surface area contributed by atoms with E-state index >= 15 is 0 Å². The van der Waals surface area contributed by atoms with E-state index in [0.29, 0.717) is 35.2 Å². The van der Waals surface area contributed by atoms with E-state index in [9.17, 15) is 9.59 Å². The third-order valence-corrected chi connectivity index (χ3v) is 7.89. The highest BCUT2D eigenvalue weighted by Crippen LogP contribution is 2.30. The van der Waals surface area contributed by atoms with Crippen LogP contribution in [0.5, 0.6) is 11.5 Å². The lowest BCUT2D eigenvalue weighted by Gasteiger charge is -2.17. The van der Waals surface area contributed by atoms with Crippen molar-refractivity contribution in [2.45, 2.75) is 117 Å². The van der Waals surface area contributed by atoms with Crippen molar-refractivity contribution >= 4 is 17.6 Å². The summed E-state index contributed by atoms with van der Waals surface area (Å²) in [5.74, 6) is 0.326. The molecule has 234 valence electrons. The number of rotatable bonds is 23. The summed E-state index contributed by atoms with van der Waals surface area (Å²) >= 11 is 0. The summed E-state index contributed by atoms with van der Waals surface area (Å²) in [6, 6.07) is 11.7. The van der Waals surface area contributed by atoms with E-state index in [4.69, 9.17) is 14.2 Å². The second-order valence-electron chi connectivity index (χ2n) is 11.4. The molecule has 6 heteroatoms. The Kier molecular flexibility index (Phi) is 18.1. The van der Waals surface area contributed by atoms with Crippen LogP contribution < -0.4 is 14.8 Å². The Labute approximate surface area is 254 Å². The predicted molar refractivity (Wildman–Crippen MR) is 173 cm³/mol. The lowest BCUT2D eigenvalue weighted by Crippen LogP contribution is -2.15. The van der Waals surface area contributed by atoms with Gasteiger partial charge in [0.1, 0.15) is 0 Å². The largest absolute Gasteiger partial charge is 0.493 e. The summed E-state index contributed by atoms with van der Waals surface area (Å²) < 4.78 is 16.7. The lowest BCUT2D eigenvalue weighted by atomic mass is 9.94. The van der Waals surface area contributed by atoms with E-state index < -0.39 is 5.97 Å². The monoisotopic (exact) mass is 581 g/mol. The Morgan fingerprint density at radius 1 is 0.667 bits per heavy atom. The first-order valence-corrected chi connectivity index (χ1v) is 16.4. The average Bonchev–Trinajstić information content (AvgIpc) is 3.02. The van der Waals surface area contributed by atoms with Crippen molar-refractivity contribution in [1.29, 1.82) is 0 Å². The standard InChI is InChI=1S/C36H55NO5/c1-5-7-9-11-13-14-16-18-20-29(19-17-15-12-10-8-6-2)28-41-35(38)30-21-23-31(24-22-30)36(39)42-33-26-25-32(37-3)27-34(33)40-4/h21-27,29,37H,5-20,28H2,1-4H3. The van der Waals surface area contributed by atoms with Gasteiger partial charge in [-0.15, -0.1) is 0 Å². The van der Waals surface area contributed by atoms with Crippen LogP contribution in [0.4, 0.5) is 5.69 Å². The number of nitrogens with one attached hydrogen (secondary N) is 1. The first-order chi connectivity index (χ1) is 20.5. The first-order valence-electron chi connectivity index (χ1n) is 16.4. The van der Waals surface area contributed by atoms with E-state index in [0.717, 1.165) is 18.5 Å². The number of hydrogen-bond donors (Lipinski definition) is 1. The molecule has 2 aromatic rings. The Bertz CT molecular complexity index is 1020. The molecule has 0 saturated heterocycles. The van der Waals surface area contributed by atoms with Gasteiger partial charge in [-0.25, -0.2) is 9.59 Å². The molecule has 6 nitrogen and oxygen atoms in total. The molecule has 1 N–H and O–H groups in total. The van der Waals surface area contributed by atoms with Crippen LogP contribution in [0, 0.1) is 5.92 Å². The molecule has 0 bridgehead atoms. The zero-order valence-electron chi connectivity index (χ0n) is 26.7. The maximum Gasteiger partial charge on any atom is 0.343 e. The third kappa shape index (κ3) is 13.8. The van der Waals surface area contributed by atoms with E-state index in [1.807, 2.05) is 0 Å². The molecule has 0 aromatic heterocycles. The number of benzene rings is 2. The van der Waals surface area contributed by atoms with Crippen LogP contribution in [0.25, 0.3) is 0 Å². The van der Waals surface area contributed by atoms with E-state index in [1.165, 1.54) is 97.0 Å². The van der Waals surface area contributed by atoms with Gasteiger partial charge in [0.2, 0.25) is 0 Å². The van der Waals surface area contributed by atoms with Crippen LogP contribution in [0.2, 0.25) is 0 Å². The summed E-state index contributed by atoms with van der Waals surface area (Å²) in [7, 11) is 3.33. The Morgan fingerprint density at radius 2 is 1.17 bits per heavy atom. The minimum atomic E-state index is -0.519. The van der Waals surface area contributed by atoms with Crippen molar-refractivity contribution in [3.63, 3.8) is 0 Å². The molecule has 42 heavy (non-hydrogen) atoms. The SMILES string of the molecule is CCCCCCCCCCC(CCCCCCCC)COC(=O)c1ccc(C(=O)Oc2ccc(NC)cc2OC)cc1. The molecule has 2 aromatic carbocycles. The maximum absolute atomic E-state index is 12.9. The summed E-state index contributed by atoms with van der Waals surface area (Å²) in [4.78, 5) is 25.6. The van der Waals surface area contributed by atoms with Gasteiger partial charge in [0.15, 0.2) is 11.5 Å². The van der Waals surface area contributed by atoms with Crippen LogP contribution in [0.1, 0.15) is 137 Å². The molecule has 0 aliphatic rings. The summed E-state index contributed by atoms with van der Waals surface area (Å²) in [6.07, 6.45) is 20.3. The zero-order chi connectivity index (χ0) is 30.4. The number of esters is 2. The zero-order valence-corrected chi connectivity index (χ0v) is 26.7. The van der Waals surface area contributed by atoms with Gasteiger partial charge in [-0.1, -0.05) is 104 Å². The molecule has 1 unspecified atom stereocenters. The minimum Gasteiger partial charge on any atom is -0.493 e. The van der Waals surface area contributed by atoms with Crippen molar-refractivity contribution in [2.75, 3.05) is 26.1 Å². The normalized spacial score (nSPS) is 11.6. The average molecular weight is 582 g/mol. The third-order valence-electron chi connectivity index (χ3n) is 7.89. The summed E-state index contributed by atoms with van der Waals surface area (Å²) in [5.41, 5.74) is 1.64. The van der Waals surface area contributed by atoms with Crippen LogP contribution in [0.3, 0.4) is 0 Å². The molecular formula is C36H55NO5. The fourth-order valence-electron chi connectivity index (χ4n) is 5.18. The van der Waals surface area contributed by atoms with Crippen molar-refractivity contribution in [3.05, 3.63) is 53.6 Å². The van der Waals surface area contributed by atoms with Gasteiger partial charge in [0.25, 0.3) is 0 Å². The van der Waals surface area contributed by atoms with Gasteiger partial charge in [0.05, 0.1) is 24.8 Å². The van der Waals surface area contributed by atoms with Crippen LogP contribution in [-0.2, 0) is 4.74 Å². The quantitative estimate of drug-likeness (QED) is 0.0799. The topological polar surface area (TPSA) is 73.9 Å². The Hall–Kier alpha value is -3.02. The molecule has 0 saturated carbocycles. The molecule has 1 atom stereocenters. The van der Waals surface area contributed by atoms with Gasteiger partial charge >= 0.3 is 11.9 Å². The molecule has 0 radical (unpaired) electrons. The number of anilines is 1. The van der Waals surface area contributed by atoms with Crippen LogP contribution in [0.15, 0.2) is 42.5 Å². The number of methoxy groups -OCH3 is 1. The first kappa shape index (κ1) is 35.2. The van der Waals surface area contributed by atoms with Gasteiger partial charge in [0, 0.05) is 18.8 Å². The molecular weight excluding hydrogens is 526 g/mol. The smallest absolute Gasteiger partial charge is 0.343 e.